The summed E-state index contributed by atoms with van der Waals surface area (Å²) in [5.74, 6) is 0.445. The minimum atomic E-state index is -0.412. The molecule has 1 aromatic carbocycles. The van der Waals surface area contributed by atoms with E-state index in [1.165, 1.54) is 6.07 Å². The quantitative estimate of drug-likeness (QED) is 0.911. The fraction of sp³-hybridized carbons (Fsp3) is 0.250. The van der Waals surface area contributed by atoms with Crippen LogP contribution in [0.3, 0.4) is 0 Å². The topological polar surface area (TPSA) is 29.9 Å². The van der Waals surface area contributed by atoms with Gasteiger partial charge >= 0.3 is 0 Å². The van der Waals surface area contributed by atoms with Crippen LogP contribution < -0.4 is 5.32 Å². The number of aromatic nitrogens is 2. The SMILES string of the molecule is CNC(c1ccc(F)c(Cl)c1)c1nccn1C. The number of imidazole rings is 1. The molecule has 1 N–H and O–H groups in total. The Hall–Kier alpha value is -1.39. The monoisotopic (exact) mass is 253 g/mol. The van der Waals surface area contributed by atoms with Gasteiger partial charge in [-0.2, -0.15) is 0 Å². The first-order valence-corrected chi connectivity index (χ1v) is 5.60. The maximum Gasteiger partial charge on any atom is 0.141 e. The third kappa shape index (κ3) is 2.33. The van der Waals surface area contributed by atoms with E-state index in [0.29, 0.717) is 0 Å². The van der Waals surface area contributed by atoms with Crippen LogP contribution in [0.4, 0.5) is 4.39 Å². The van der Waals surface area contributed by atoms with E-state index in [1.54, 1.807) is 18.3 Å². The van der Waals surface area contributed by atoms with E-state index in [2.05, 4.69) is 10.3 Å². The van der Waals surface area contributed by atoms with Crippen LogP contribution in [-0.4, -0.2) is 16.6 Å². The third-order valence-electron chi connectivity index (χ3n) is 2.68. The second-order valence-corrected chi connectivity index (χ2v) is 4.20. The molecule has 0 spiro atoms. The predicted octanol–water partition coefficient (Wildman–Crippen LogP) is 2.52. The molecule has 0 aliphatic rings. The number of halogens is 2. The van der Waals surface area contributed by atoms with Crippen molar-refractivity contribution in [1.82, 2.24) is 14.9 Å². The molecule has 0 amide bonds. The van der Waals surface area contributed by atoms with Gasteiger partial charge in [0.25, 0.3) is 0 Å². The van der Waals surface area contributed by atoms with E-state index in [-0.39, 0.29) is 11.1 Å². The molecule has 0 saturated heterocycles. The summed E-state index contributed by atoms with van der Waals surface area (Å²) in [4.78, 5) is 4.28. The minimum absolute atomic E-state index is 0.104. The maximum atomic E-state index is 13.1. The Kier molecular flexibility index (Phi) is 3.45. The highest BCUT2D eigenvalue weighted by Crippen LogP contribution is 2.24. The first kappa shape index (κ1) is 12.1. The Bertz CT molecular complexity index is 524. The molecule has 0 fully saturated rings. The van der Waals surface area contributed by atoms with Crippen molar-refractivity contribution in [1.29, 1.82) is 0 Å². The van der Waals surface area contributed by atoms with Crippen molar-refractivity contribution < 1.29 is 4.39 Å². The summed E-state index contributed by atoms with van der Waals surface area (Å²) < 4.78 is 15.0. The number of nitrogens with one attached hydrogen (secondary N) is 1. The zero-order valence-electron chi connectivity index (χ0n) is 9.61. The Labute approximate surface area is 104 Å². The molecule has 2 aromatic rings. The van der Waals surface area contributed by atoms with Crippen molar-refractivity contribution in [2.24, 2.45) is 7.05 Å². The van der Waals surface area contributed by atoms with E-state index in [0.717, 1.165) is 11.4 Å². The minimum Gasteiger partial charge on any atom is -0.336 e. The van der Waals surface area contributed by atoms with Gasteiger partial charge in [0, 0.05) is 19.4 Å². The van der Waals surface area contributed by atoms with Crippen molar-refractivity contribution in [3.8, 4) is 0 Å². The van der Waals surface area contributed by atoms with Crippen LogP contribution in [0.25, 0.3) is 0 Å². The van der Waals surface area contributed by atoms with Crippen molar-refractivity contribution in [2.45, 2.75) is 6.04 Å². The average Bonchev–Trinajstić information content (AvgIpc) is 2.71. The molecule has 0 aliphatic carbocycles. The summed E-state index contributed by atoms with van der Waals surface area (Å²) in [6.45, 7) is 0. The molecule has 90 valence electrons. The smallest absolute Gasteiger partial charge is 0.141 e. The second-order valence-electron chi connectivity index (χ2n) is 3.79. The molecule has 1 atom stereocenters. The molecule has 3 nitrogen and oxygen atoms in total. The number of nitrogens with zero attached hydrogens (tertiary/aromatic N) is 2. The lowest BCUT2D eigenvalue weighted by molar-refractivity contribution is 0.606. The molecule has 0 aliphatic heterocycles. The fourth-order valence-corrected chi connectivity index (χ4v) is 1.98. The molecule has 0 bridgehead atoms. The molecule has 0 radical (unpaired) electrons. The largest absolute Gasteiger partial charge is 0.336 e. The number of hydrogen-bond acceptors (Lipinski definition) is 2. The van der Waals surface area contributed by atoms with Crippen LogP contribution in [-0.2, 0) is 7.05 Å². The highest BCUT2D eigenvalue weighted by Gasteiger charge is 2.17. The van der Waals surface area contributed by atoms with E-state index in [4.69, 9.17) is 11.6 Å². The molecule has 1 heterocycles. The Morgan fingerprint density at radius 1 is 1.47 bits per heavy atom. The van der Waals surface area contributed by atoms with Crippen LogP contribution in [0.15, 0.2) is 30.6 Å². The van der Waals surface area contributed by atoms with Crippen LogP contribution in [0.2, 0.25) is 5.02 Å². The van der Waals surface area contributed by atoms with Crippen molar-refractivity contribution >= 4 is 11.6 Å². The summed E-state index contributed by atoms with van der Waals surface area (Å²) in [5, 5.41) is 3.27. The van der Waals surface area contributed by atoms with Gasteiger partial charge in [0.15, 0.2) is 0 Å². The van der Waals surface area contributed by atoms with Gasteiger partial charge in [0.2, 0.25) is 0 Å². The van der Waals surface area contributed by atoms with Gasteiger partial charge in [-0.05, 0) is 24.7 Å². The zero-order valence-corrected chi connectivity index (χ0v) is 10.4. The Morgan fingerprint density at radius 3 is 2.76 bits per heavy atom. The zero-order chi connectivity index (χ0) is 12.4. The Morgan fingerprint density at radius 2 is 2.24 bits per heavy atom. The molecule has 5 heteroatoms. The summed E-state index contributed by atoms with van der Waals surface area (Å²) in [5.41, 5.74) is 0.883. The third-order valence-corrected chi connectivity index (χ3v) is 2.97. The van der Waals surface area contributed by atoms with Crippen molar-refractivity contribution in [2.75, 3.05) is 7.05 Å². The summed E-state index contributed by atoms with van der Waals surface area (Å²) in [6, 6.07) is 4.59. The summed E-state index contributed by atoms with van der Waals surface area (Å²) >= 11 is 5.79. The lowest BCUT2D eigenvalue weighted by Gasteiger charge is -2.16. The van der Waals surface area contributed by atoms with Gasteiger partial charge in [-0.1, -0.05) is 17.7 Å². The number of benzene rings is 1. The lowest BCUT2D eigenvalue weighted by Crippen LogP contribution is -2.21. The summed E-state index contributed by atoms with van der Waals surface area (Å²) in [7, 11) is 3.74. The fourth-order valence-electron chi connectivity index (χ4n) is 1.79. The first-order valence-electron chi connectivity index (χ1n) is 5.23. The molecular weight excluding hydrogens is 241 g/mol. The number of rotatable bonds is 3. The summed E-state index contributed by atoms with van der Waals surface area (Å²) in [6.07, 6.45) is 3.59. The highest BCUT2D eigenvalue weighted by molar-refractivity contribution is 6.30. The molecule has 2 rings (SSSR count). The van der Waals surface area contributed by atoms with E-state index in [9.17, 15) is 4.39 Å². The molecule has 1 unspecified atom stereocenters. The molecule has 0 saturated carbocycles. The average molecular weight is 254 g/mol. The van der Waals surface area contributed by atoms with E-state index >= 15 is 0 Å². The maximum absolute atomic E-state index is 13.1. The molecule has 1 aromatic heterocycles. The van der Waals surface area contributed by atoms with Gasteiger partial charge in [-0.15, -0.1) is 0 Å². The number of hydrogen-bond donors (Lipinski definition) is 1. The normalized spacial score (nSPS) is 12.7. The number of aryl methyl sites for hydroxylation is 1. The van der Waals surface area contributed by atoms with Crippen molar-refractivity contribution in [3.63, 3.8) is 0 Å². The van der Waals surface area contributed by atoms with Gasteiger partial charge < -0.3 is 9.88 Å². The first-order chi connectivity index (χ1) is 8.13. The second kappa shape index (κ2) is 4.85. The van der Waals surface area contributed by atoms with Crippen LogP contribution in [0.5, 0.6) is 0 Å². The standard InChI is InChI=1S/C12H13ClFN3/c1-15-11(12-16-5-6-17(12)2)8-3-4-10(14)9(13)7-8/h3-7,11,15H,1-2H3. The van der Waals surface area contributed by atoms with Gasteiger partial charge in [-0.3, -0.25) is 0 Å². The predicted molar refractivity (Wildman–Crippen MR) is 65.5 cm³/mol. The van der Waals surface area contributed by atoms with E-state index in [1.807, 2.05) is 24.9 Å². The van der Waals surface area contributed by atoms with Gasteiger partial charge in [0.05, 0.1) is 11.1 Å². The highest BCUT2D eigenvalue weighted by atomic mass is 35.5. The van der Waals surface area contributed by atoms with E-state index < -0.39 is 5.82 Å². The Balaban J connectivity index is 2.42. The van der Waals surface area contributed by atoms with Crippen LogP contribution >= 0.6 is 11.6 Å². The molecule has 17 heavy (non-hydrogen) atoms. The van der Waals surface area contributed by atoms with Crippen LogP contribution in [0, 0.1) is 5.82 Å². The van der Waals surface area contributed by atoms with Gasteiger partial charge in [0.1, 0.15) is 11.6 Å². The van der Waals surface area contributed by atoms with Crippen molar-refractivity contribution in [3.05, 3.63) is 52.8 Å². The molecular formula is C12H13ClFN3. The lowest BCUT2D eigenvalue weighted by atomic mass is 10.1. The van der Waals surface area contributed by atoms with Crippen LogP contribution in [0.1, 0.15) is 17.4 Å². The van der Waals surface area contributed by atoms with Gasteiger partial charge in [-0.25, -0.2) is 9.37 Å².